The molecule has 0 fully saturated rings. The Morgan fingerprint density at radius 1 is 1.42 bits per heavy atom. The number of rotatable bonds is 4. The monoisotopic (exact) mass is 169 g/mol. The average molecular weight is 169 g/mol. The molecule has 0 radical (unpaired) electrons. The number of nitrogens with one attached hydrogen (secondary N) is 1. The maximum absolute atomic E-state index is 3.95. The second kappa shape index (κ2) is 4.66. The minimum atomic E-state index is 0.328. The van der Waals surface area contributed by atoms with Gasteiger partial charge in [-0.25, -0.2) is 0 Å². The van der Waals surface area contributed by atoms with Crippen molar-refractivity contribution in [1.29, 1.82) is 0 Å². The van der Waals surface area contributed by atoms with Crippen LogP contribution in [-0.4, -0.2) is 12.6 Å². The highest BCUT2D eigenvalue weighted by molar-refractivity contribution is 4.96. The number of hydrogen-bond donors (Lipinski definition) is 1. The van der Waals surface area contributed by atoms with E-state index in [0.29, 0.717) is 11.5 Å². The van der Waals surface area contributed by atoms with Crippen molar-refractivity contribution in [1.82, 2.24) is 5.32 Å². The van der Waals surface area contributed by atoms with Gasteiger partial charge in [-0.1, -0.05) is 33.3 Å². The van der Waals surface area contributed by atoms with E-state index < -0.39 is 0 Å². The van der Waals surface area contributed by atoms with E-state index in [-0.39, 0.29) is 0 Å². The Morgan fingerprint density at radius 3 is 2.17 bits per heavy atom. The Morgan fingerprint density at radius 2 is 1.92 bits per heavy atom. The number of hydrogen-bond acceptors (Lipinski definition) is 1. The van der Waals surface area contributed by atoms with E-state index >= 15 is 0 Å². The molecule has 1 N–H and O–H groups in total. The van der Waals surface area contributed by atoms with Crippen LogP contribution >= 0.6 is 0 Å². The molecular weight excluding hydrogens is 146 g/mol. The second-order valence-corrected chi connectivity index (χ2v) is 4.64. The van der Waals surface area contributed by atoms with Gasteiger partial charge in [0, 0.05) is 6.04 Å². The van der Waals surface area contributed by atoms with Crippen LogP contribution in [0.4, 0.5) is 0 Å². The SMILES string of the molecule is C=C(C)CC(NCC)C(C)(C)C. The van der Waals surface area contributed by atoms with Gasteiger partial charge in [-0.3, -0.25) is 0 Å². The normalized spacial score (nSPS) is 14.4. The van der Waals surface area contributed by atoms with Gasteiger partial charge in [0.1, 0.15) is 0 Å². The minimum absolute atomic E-state index is 0.328. The lowest BCUT2D eigenvalue weighted by Crippen LogP contribution is -2.40. The fourth-order valence-electron chi connectivity index (χ4n) is 1.28. The van der Waals surface area contributed by atoms with Crippen molar-refractivity contribution in [2.45, 2.75) is 47.1 Å². The predicted octanol–water partition coefficient (Wildman–Crippen LogP) is 2.98. The second-order valence-electron chi connectivity index (χ2n) is 4.64. The first-order valence-corrected chi connectivity index (χ1v) is 4.75. The van der Waals surface area contributed by atoms with E-state index in [2.05, 4.69) is 46.5 Å². The maximum atomic E-state index is 3.95. The van der Waals surface area contributed by atoms with Crippen LogP contribution in [0.25, 0.3) is 0 Å². The van der Waals surface area contributed by atoms with Crippen molar-refractivity contribution in [3.63, 3.8) is 0 Å². The summed E-state index contributed by atoms with van der Waals surface area (Å²) in [6, 6.07) is 0.556. The predicted molar refractivity (Wildman–Crippen MR) is 56.4 cm³/mol. The molecule has 0 spiro atoms. The third-order valence-electron chi connectivity index (χ3n) is 2.05. The Kier molecular flexibility index (Phi) is 4.54. The lowest BCUT2D eigenvalue weighted by molar-refractivity contribution is 0.270. The Bertz CT molecular complexity index is 142. The molecule has 0 aliphatic heterocycles. The first kappa shape index (κ1) is 11.7. The molecule has 0 rings (SSSR count). The van der Waals surface area contributed by atoms with E-state index in [1.165, 1.54) is 5.57 Å². The van der Waals surface area contributed by atoms with Crippen molar-refractivity contribution >= 4 is 0 Å². The molecule has 0 heterocycles. The fourth-order valence-corrected chi connectivity index (χ4v) is 1.28. The highest BCUT2D eigenvalue weighted by Crippen LogP contribution is 2.23. The Hall–Kier alpha value is -0.300. The molecule has 1 unspecified atom stereocenters. The van der Waals surface area contributed by atoms with Gasteiger partial charge in [0.15, 0.2) is 0 Å². The zero-order chi connectivity index (χ0) is 9.78. The summed E-state index contributed by atoms with van der Waals surface area (Å²) in [5, 5.41) is 3.49. The van der Waals surface area contributed by atoms with Crippen molar-refractivity contribution in [2.24, 2.45) is 5.41 Å². The van der Waals surface area contributed by atoms with Gasteiger partial charge in [0.25, 0.3) is 0 Å². The standard InChI is InChI=1S/C11H23N/c1-7-12-10(8-9(2)3)11(4,5)6/h10,12H,2,7-8H2,1,3-6H3. The molecule has 0 aliphatic carbocycles. The molecule has 0 saturated carbocycles. The van der Waals surface area contributed by atoms with Crippen LogP contribution in [0.5, 0.6) is 0 Å². The summed E-state index contributed by atoms with van der Waals surface area (Å²) in [5.41, 5.74) is 1.59. The van der Waals surface area contributed by atoms with Crippen molar-refractivity contribution in [2.75, 3.05) is 6.54 Å². The Balaban J connectivity index is 4.13. The summed E-state index contributed by atoms with van der Waals surface area (Å²) in [6.07, 6.45) is 1.08. The molecular formula is C11H23N. The van der Waals surface area contributed by atoms with Crippen molar-refractivity contribution < 1.29 is 0 Å². The quantitative estimate of drug-likeness (QED) is 0.638. The lowest BCUT2D eigenvalue weighted by Gasteiger charge is -2.31. The zero-order valence-corrected chi connectivity index (χ0v) is 9.20. The summed E-state index contributed by atoms with van der Waals surface area (Å²) < 4.78 is 0. The minimum Gasteiger partial charge on any atom is -0.313 e. The van der Waals surface area contributed by atoms with Gasteiger partial charge in [-0.2, -0.15) is 0 Å². The zero-order valence-electron chi connectivity index (χ0n) is 9.20. The van der Waals surface area contributed by atoms with E-state index in [9.17, 15) is 0 Å². The van der Waals surface area contributed by atoms with Crippen molar-refractivity contribution in [3.05, 3.63) is 12.2 Å². The molecule has 0 aliphatic rings. The average Bonchev–Trinajstić information content (AvgIpc) is 1.83. The highest BCUT2D eigenvalue weighted by atomic mass is 14.9. The summed E-state index contributed by atoms with van der Waals surface area (Å²) in [5.74, 6) is 0. The third kappa shape index (κ3) is 4.55. The lowest BCUT2D eigenvalue weighted by atomic mass is 9.83. The molecule has 0 aromatic rings. The fraction of sp³-hybridized carbons (Fsp3) is 0.818. The first-order valence-electron chi connectivity index (χ1n) is 4.75. The highest BCUT2D eigenvalue weighted by Gasteiger charge is 2.22. The van der Waals surface area contributed by atoms with Crippen LogP contribution in [0.2, 0.25) is 0 Å². The van der Waals surface area contributed by atoms with E-state index in [0.717, 1.165) is 13.0 Å². The van der Waals surface area contributed by atoms with Crippen LogP contribution in [-0.2, 0) is 0 Å². The molecule has 0 aromatic heterocycles. The van der Waals surface area contributed by atoms with Crippen LogP contribution in [0, 0.1) is 5.41 Å². The maximum Gasteiger partial charge on any atom is 0.0152 e. The summed E-state index contributed by atoms with van der Waals surface area (Å²) in [6.45, 7) is 16.0. The van der Waals surface area contributed by atoms with Crippen LogP contribution < -0.4 is 5.32 Å². The van der Waals surface area contributed by atoms with E-state index in [4.69, 9.17) is 0 Å². The van der Waals surface area contributed by atoms with Crippen LogP contribution in [0.3, 0.4) is 0 Å². The van der Waals surface area contributed by atoms with Gasteiger partial charge in [0.2, 0.25) is 0 Å². The smallest absolute Gasteiger partial charge is 0.0152 e. The molecule has 1 heteroatoms. The van der Waals surface area contributed by atoms with E-state index in [1.54, 1.807) is 0 Å². The molecule has 72 valence electrons. The molecule has 1 nitrogen and oxygen atoms in total. The largest absolute Gasteiger partial charge is 0.313 e. The summed E-state index contributed by atoms with van der Waals surface area (Å²) >= 11 is 0. The van der Waals surface area contributed by atoms with Gasteiger partial charge in [-0.05, 0) is 25.3 Å². The van der Waals surface area contributed by atoms with Crippen LogP contribution in [0.15, 0.2) is 12.2 Å². The molecule has 1 atom stereocenters. The van der Waals surface area contributed by atoms with E-state index in [1.807, 2.05) is 0 Å². The third-order valence-corrected chi connectivity index (χ3v) is 2.05. The Labute approximate surface area is 77.2 Å². The van der Waals surface area contributed by atoms with Gasteiger partial charge < -0.3 is 5.32 Å². The van der Waals surface area contributed by atoms with Gasteiger partial charge in [0.05, 0.1) is 0 Å². The van der Waals surface area contributed by atoms with Gasteiger partial charge in [-0.15, -0.1) is 6.58 Å². The van der Waals surface area contributed by atoms with Gasteiger partial charge >= 0.3 is 0 Å². The summed E-state index contributed by atoms with van der Waals surface area (Å²) in [4.78, 5) is 0. The molecule has 0 bridgehead atoms. The molecule has 0 amide bonds. The van der Waals surface area contributed by atoms with Crippen LogP contribution in [0.1, 0.15) is 41.0 Å². The molecule has 0 aromatic carbocycles. The van der Waals surface area contributed by atoms with Crippen molar-refractivity contribution in [3.8, 4) is 0 Å². The molecule has 0 saturated heterocycles. The topological polar surface area (TPSA) is 12.0 Å². The molecule has 12 heavy (non-hydrogen) atoms. The first-order chi connectivity index (χ1) is 5.38. The summed E-state index contributed by atoms with van der Waals surface area (Å²) in [7, 11) is 0.